The summed E-state index contributed by atoms with van der Waals surface area (Å²) in [6, 6.07) is 3.05. The number of piperazine rings is 1. The van der Waals surface area contributed by atoms with Crippen LogP contribution in [0.1, 0.15) is 23.6 Å². The molecule has 1 atom stereocenters. The fraction of sp³-hybridized carbons (Fsp3) is 0.467. The second-order valence-corrected chi connectivity index (χ2v) is 5.06. The first-order chi connectivity index (χ1) is 9.93. The summed E-state index contributed by atoms with van der Waals surface area (Å²) in [7, 11) is 0. The molecule has 124 valence electrons. The van der Waals surface area contributed by atoms with Gasteiger partial charge in [0.1, 0.15) is 5.82 Å². The maximum atomic E-state index is 13.7. The Kier molecular flexibility index (Phi) is 6.84. The van der Waals surface area contributed by atoms with E-state index in [9.17, 15) is 17.6 Å². The molecular formula is C15H19ClF4N2. The van der Waals surface area contributed by atoms with Gasteiger partial charge in [-0.15, -0.1) is 19.0 Å². The normalized spacial score (nSPS) is 17.6. The van der Waals surface area contributed by atoms with Crippen LogP contribution in [0.25, 0.3) is 0 Å². The predicted octanol–water partition coefficient (Wildman–Crippen LogP) is 3.79. The van der Waals surface area contributed by atoms with Crippen molar-refractivity contribution in [2.24, 2.45) is 0 Å². The average Bonchev–Trinajstić information content (AvgIpc) is 2.44. The Morgan fingerprint density at radius 2 is 1.91 bits per heavy atom. The van der Waals surface area contributed by atoms with E-state index in [0.717, 1.165) is 38.3 Å². The number of benzene rings is 1. The molecule has 0 aliphatic carbocycles. The highest BCUT2D eigenvalue weighted by molar-refractivity contribution is 5.85. The molecular weight excluding hydrogens is 320 g/mol. The maximum absolute atomic E-state index is 13.7. The van der Waals surface area contributed by atoms with Crippen LogP contribution in [0.2, 0.25) is 0 Å². The molecule has 2 nitrogen and oxygen atoms in total. The molecule has 0 unspecified atom stereocenters. The van der Waals surface area contributed by atoms with E-state index in [0.29, 0.717) is 12.0 Å². The quantitative estimate of drug-likeness (QED) is 0.664. The summed E-state index contributed by atoms with van der Waals surface area (Å²) < 4.78 is 51.6. The summed E-state index contributed by atoms with van der Waals surface area (Å²) in [6.45, 7) is 6.87. The van der Waals surface area contributed by atoms with Crippen LogP contribution >= 0.6 is 12.4 Å². The third kappa shape index (κ3) is 4.44. The van der Waals surface area contributed by atoms with Gasteiger partial charge in [0.25, 0.3) is 0 Å². The SMILES string of the molecule is C=CC[C@@H](c1ccc(C(F)(F)F)c(F)c1)N1CCNCC1.Cl. The van der Waals surface area contributed by atoms with Crippen LogP contribution in [0.4, 0.5) is 17.6 Å². The molecule has 1 N–H and O–H groups in total. The molecule has 0 amide bonds. The van der Waals surface area contributed by atoms with Gasteiger partial charge < -0.3 is 5.32 Å². The fourth-order valence-electron chi connectivity index (χ4n) is 2.62. The van der Waals surface area contributed by atoms with E-state index in [2.05, 4.69) is 16.8 Å². The molecule has 0 aromatic heterocycles. The Balaban J connectivity index is 0.00000242. The van der Waals surface area contributed by atoms with E-state index in [1.54, 1.807) is 6.08 Å². The lowest BCUT2D eigenvalue weighted by Gasteiger charge is -2.35. The Hall–Kier alpha value is -1.11. The topological polar surface area (TPSA) is 15.3 Å². The molecule has 7 heteroatoms. The molecule has 0 spiro atoms. The number of hydrogen-bond donors (Lipinski definition) is 1. The van der Waals surface area contributed by atoms with Gasteiger partial charge in [0, 0.05) is 32.2 Å². The van der Waals surface area contributed by atoms with Crippen molar-refractivity contribution < 1.29 is 17.6 Å². The molecule has 2 rings (SSSR count). The van der Waals surface area contributed by atoms with Gasteiger partial charge in [0.15, 0.2) is 0 Å². The van der Waals surface area contributed by atoms with Gasteiger partial charge in [-0.05, 0) is 24.1 Å². The first-order valence-electron chi connectivity index (χ1n) is 6.86. The highest BCUT2D eigenvalue weighted by Crippen LogP contribution is 2.34. The van der Waals surface area contributed by atoms with Gasteiger partial charge in [0.2, 0.25) is 0 Å². The van der Waals surface area contributed by atoms with Crippen molar-refractivity contribution >= 4 is 12.4 Å². The molecule has 1 aliphatic rings. The Morgan fingerprint density at radius 3 is 2.41 bits per heavy atom. The zero-order valence-electron chi connectivity index (χ0n) is 12.0. The van der Waals surface area contributed by atoms with Crippen molar-refractivity contribution in [1.82, 2.24) is 10.2 Å². The van der Waals surface area contributed by atoms with Crippen molar-refractivity contribution in [3.8, 4) is 0 Å². The Labute approximate surface area is 133 Å². The van der Waals surface area contributed by atoms with E-state index in [4.69, 9.17) is 0 Å². The highest BCUT2D eigenvalue weighted by atomic mass is 35.5. The molecule has 22 heavy (non-hydrogen) atoms. The summed E-state index contributed by atoms with van der Waals surface area (Å²) in [5.41, 5.74) is -0.661. The van der Waals surface area contributed by atoms with Crippen LogP contribution < -0.4 is 5.32 Å². The highest BCUT2D eigenvalue weighted by Gasteiger charge is 2.34. The third-order valence-corrected chi connectivity index (χ3v) is 3.67. The zero-order valence-corrected chi connectivity index (χ0v) is 12.8. The average molecular weight is 339 g/mol. The standard InChI is InChI=1S/C15H18F4N2.ClH/c1-2-3-14(21-8-6-20-7-9-21)11-4-5-12(13(16)10-11)15(17,18)19;/h2,4-5,10,14,20H,1,3,6-9H2;1H/t14-;/m0./s1. The number of nitrogens with zero attached hydrogens (tertiary/aromatic N) is 1. The lowest BCUT2D eigenvalue weighted by atomic mass is 9.99. The van der Waals surface area contributed by atoms with Crippen molar-refractivity contribution in [2.75, 3.05) is 26.2 Å². The van der Waals surface area contributed by atoms with Crippen molar-refractivity contribution in [2.45, 2.75) is 18.6 Å². The predicted molar refractivity (Wildman–Crippen MR) is 80.6 cm³/mol. The Morgan fingerprint density at radius 1 is 1.27 bits per heavy atom. The minimum Gasteiger partial charge on any atom is -0.314 e. The minimum atomic E-state index is -4.66. The number of halogens is 5. The van der Waals surface area contributed by atoms with Crippen LogP contribution in [0.5, 0.6) is 0 Å². The zero-order chi connectivity index (χ0) is 15.5. The van der Waals surface area contributed by atoms with Crippen molar-refractivity contribution in [1.29, 1.82) is 0 Å². The summed E-state index contributed by atoms with van der Waals surface area (Å²) in [5.74, 6) is -1.22. The molecule has 1 aromatic carbocycles. The summed E-state index contributed by atoms with van der Waals surface area (Å²) in [6.07, 6.45) is -2.38. The van der Waals surface area contributed by atoms with E-state index in [1.807, 2.05) is 0 Å². The first-order valence-corrected chi connectivity index (χ1v) is 6.86. The summed E-state index contributed by atoms with van der Waals surface area (Å²) in [5, 5.41) is 3.21. The number of alkyl halides is 3. The van der Waals surface area contributed by atoms with Gasteiger partial charge in [-0.1, -0.05) is 12.1 Å². The largest absolute Gasteiger partial charge is 0.419 e. The summed E-state index contributed by atoms with van der Waals surface area (Å²) >= 11 is 0. The number of nitrogens with one attached hydrogen (secondary N) is 1. The number of hydrogen-bond acceptors (Lipinski definition) is 2. The molecule has 0 radical (unpaired) electrons. The fourth-order valence-corrected chi connectivity index (χ4v) is 2.62. The van der Waals surface area contributed by atoms with Crippen LogP contribution in [0.15, 0.2) is 30.9 Å². The molecule has 1 aromatic rings. The molecule has 1 heterocycles. The van der Waals surface area contributed by atoms with E-state index >= 15 is 0 Å². The van der Waals surface area contributed by atoms with Gasteiger partial charge in [-0.2, -0.15) is 13.2 Å². The lowest BCUT2D eigenvalue weighted by molar-refractivity contribution is -0.140. The van der Waals surface area contributed by atoms with Gasteiger partial charge in [0.05, 0.1) is 5.56 Å². The second kappa shape index (κ2) is 7.94. The van der Waals surface area contributed by atoms with Crippen LogP contribution in [-0.2, 0) is 6.18 Å². The summed E-state index contributed by atoms with van der Waals surface area (Å²) in [4.78, 5) is 2.14. The van der Waals surface area contributed by atoms with E-state index < -0.39 is 17.6 Å². The molecule has 1 fully saturated rings. The number of rotatable bonds is 4. The minimum absolute atomic E-state index is 0. The van der Waals surface area contributed by atoms with Crippen LogP contribution in [0.3, 0.4) is 0 Å². The van der Waals surface area contributed by atoms with Crippen molar-refractivity contribution in [3.63, 3.8) is 0 Å². The Bertz CT molecular complexity index is 499. The molecule has 1 saturated heterocycles. The van der Waals surface area contributed by atoms with E-state index in [1.165, 1.54) is 6.07 Å². The first kappa shape index (κ1) is 18.9. The van der Waals surface area contributed by atoms with Crippen LogP contribution in [-0.4, -0.2) is 31.1 Å². The van der Waals surface area contributed by atoms with Crippen LogP contribution in [0, 0.1) is 5.82 Å². The van der Waals surface area contributed by atoms with Gasteiger partial charge in [-0.3, -0.25) is 4.90 Å². The van der Waals surface area contributed by atoms with Crippen molar-refractivity contribution in [3.05, 3.63) is 47.8 Å². The molecule has 0 saturated carbocycles. The third-order valence-electron chi connectivity index (χ3n) is 3.67. The van der Waals surface area contributed by atoms with Gasteiger partial charge in [-0.25, -0.2) is 4.39 Å². The lowest BCUT2D eigenvalue weighted by Crippen LogP contribution is -2.45. The second-order valence-electron chi connectivity index (χ2n) is 5.06. The monoisotopic (exact) mass is 338 g/mol. The van der Waals surface area contributed by atoms with Gasteiger partial charge >= 0.3 is 6.18 Å². The molecule has 1 aliphatic heterocycles. The van der Waals surface area contributed by atoms with E-state index in [-0.39, 0.29) is 18.4 Å². The molecule has 0 bridgehead atoms. The maximum Gasteiger partial charge on any atom is 0.419 e. The smallest absolute Gasteiger partial charge is 0.314 e.